The van der Waals surface area contributed by atoms with Crippen molar-refractivity contribution in [2.75, 3.05) is 41.0 Å². The van der Waals surface area contributed by atoms with Crippen LogP contribution in [0.4, 0.5) is 0 Å². The first-order valence-corrected chi connectivity index (χ1v) is 8.20. The van der Waals surface area contributed by atoms with Crippen LogP contribution in [0, 0.1) is 0 Å². The van der Waals surface area contributed by atoms with Gasteiger partial charge in [-0.3, -0.25) is 10.9 Å². The number of methoxy groups -OCH3 is 3. The lowest BCUT2D eigenvalue weighted by molar-refractivity contribution is 0.204. The number of rotatable bonds is 8. The third-order valence-corrected chi connectivity index (χ3v) is 3.52. The minimum atomic E-state index is 0.455. The highest BCUT2D eigenvalue weighted by Gasteiger charge is 2.04. The molecule has 0 aromatic heterocycles. The van der Waals surface area contributed by atoms with Crippen molar-refractivity contribution in [3.63, 3.8) is 0 Å². The van der Waals surface area contributed by atoms with Gasteiger partial charge in [0, 0.05) is 20.2 Å². The van der Waals surface area contributed by atoms with E-state index in [1.807, 2.05) is 18.2 Å². The summed E-state index contributed by atoms with van der Waals surface area (Å²) in [7, 11) is 4.87. The van der Waals surface area contributed by atoms with Crippen molar-refractivity contribution in [1.82, 2.24) is 21.5 Å². The molecule has 0 aliphatic carbocycles. The minimum absolute atomic E-state index is 0.455. The summed E-state index contributed by atoms with van der Waals surface area (Å²) in [6, 6.07) is 5.83. The molecule has 0 fully saturated rings. The first kappa shape index (κ1) is 20.2. The van der Waals surface area contributed by atoms with Gasteiger partial charge < -0.3 is 24.8 Å². The average Bonchev–Trinajstić information content (AvgIpc) is 2.60. The van der Waals surface area contributed by atoms with Crippen LogP contribution in [0.15, 0.2) is 18.2 Å². The lowest BCUT2D eigenvalue weighted by atomic mass is 10.1. The van der Waals surface area contributed by atoms with Gasteiger partial charge in [0.15, 0.2) is 21.7 Å². The molecular weight excluding hydrogens is 348 g/mol. The van der Waals surface area contributed by atoms with Crippen molar-refractivity contribution in [3.05, 3.63) is 23.8 Å². The Labute approximate surface area is 153 Å². The van der Waals surface area contributed by atoms with Gasteiger partial charge in [-0.2, -0.15) is 0 Å². The maximum Gasteiger partial charge on any atom is 0.185 e. The lowest BCUT2D eigenvalue weighted by Crippen LogP contribution is -2.50. The molecule has 24 heavy (non-hydrogen) atoms. The number of hydrazine groups is 1. The van der Waals surface area contributed by atoms with Crippen LogP contribution in [0.25, 0.3) is 0 Å². The summed E-state index contributed by atoms with van der Waals surface area (Å²) >= 11 is 10.2. The zero-order chi connectivity index (χ0) is 17.8. The molecular formula is C15H24N4O3S2. The van der Waals surface area contributed by atoms with Gasteiger partial charge in [0.25, 0.3) is 0 Å². The van der Waals surface area contributed by atoms with Crippen LogP contribution in [0.5, 0.6) is 11.5 Å². The molecule has 0 aliphatic rings. The fourth-order valence-electron chi connectivity index (χ4n) is 1.83. The fourth-order valence-corrected chi connectivity index (χ4v) is 2.13. The van der Waals surface area contributed by atoms with E-state index in [-0.39, 0.29) is 0 Å². The van der Waals surface area contributed by atoms with Gasteiger partial charge in [0.05, 0.1) is 20.8 Å². The maximum atomic E-state index is 5.29. The van der Waals surface area contributed by atoms with Crippen molar-refractivity contribution in [2.45, 2.75) is 6.42 Å². The van der Waals surface area contributed by atoms with Crippen molar-refractivity contribution < 1.29 is 14.2 Å². The Morgan fingerprint density at radius 2 is 1.54 bits per heavy atom. The van der Waals surface area contributed by atoms with Crippen molar-refractivity contribution in [3.8, 4) is 11.5 Å². The first-order chi connectivity index (χ1) is 11.6. The van der Waals surface area contributed by atoms with E-state index in [2.05, 4.69) is 21.5 Å². The summed E-state index contributed by atoms with van der Waals surface area (Å²) in [6.07, 6.45) is 0.790. The SMILES string of the molecule is COCCNC(=S)NNC(=S)NCCc1ccc(OC)c(OC)c1. The van der Waals surface area contributed by atoms with Gasteiger partial charge >= 0.3 is 0 Å². The van der Waals surface area contributed by atoms with Gasteiger partial charge in [-0.05, 0) is 48.6 Å². The van der Waals surface area contributed by atoms with Crippen LogP contribution in [-0.2, 0) is 11.2 Å². The summed E-state index contributed by atoms with van der Waals surface area (Å²) in [5, 5.41) is 6.98. The Balaban J connectivity index is 2.27. The molecule has 0 saturated heterocycles. The van der Waals surface area contributed by atoms with Crippen LogP contribution in [0.1, 0.15) is 5.56 Å². The summed E-state index contributed by atoms with van der Waals surface area (Å²) in [5.74, 6) is 1.43. The molecule has 0 spiro atoms. The standard InChI is InChI=1S/C15H24N4O3S2/c1-20-9-8-17-15(24)19-18-14(23)16-7-6-11-4-5-12(21-2)13(10-11)22-3/h4-5,10H,6-9H2,1-3H3,(H2,16,18,23)(H2,17,19,24). The Morgan fingerprint density at radius 1 is 0.917 bits per heavy atom. The highest BCUT2D eigenvalue weighted by atomic mass is 32.1. The van der Waals surface area contributed by atoms with Crippen LogP contribution >= 0.6 is 24.4 Å². The topological polar surface area (TPSA) is 75.8 Å². The second-order valence-electron chi connectivity index (χ2n) is 4.69. The Kier molecular flexibility index (Phi) is 9.81. The Bertz CT molecular complexity index is 543. The quantitative estimate of drug-likeness (QED) is 0.300. The Morgan fingerprint density at radius 3 is 2.12 bits per heavy atom. The fraction of sp³-hybridized carbons (Fsp3) is 0.467. The molecule has 134 valence electrons. The summed E-state index contributed by atoms with van der Waals surface area (Å²) in [5.41, 5.74) is 6.73. The molecule has 1 rings (SSSR count). The van der Waals surface area contributed by atoms with E-state index in [9.17, 15) is 0 Å². The summed E-state index contributed by atoms with van der Waals surface area (Å²) in [4.78, 5) is 0. The molecule has 1 aromatic carbocycles. The summed E-state index contributed by atoms with van der Waals surface area (Å²) < 4.78 is 15.4. The number of thiocarbonyl (C=S) groups is 2. The van der Waals surface area contributed by atoms with E-state index in [4.69, 9.17) is 38.6 Å². The van der Waals surface area contributed by atoms with Gasteiger partial charge in [-0.25, -0.2) is 0 Å². The average molecular weight is 373 g/mol. The molecule has 7 nitrogen and oxygen atoms in total. The molecule has 0 atom stereocenters. The van der Waals surface area contributed by atoms with Gasteiger partial charge in [0.1, 0.15) is 0 Å². The predicted octanol–water partition coefficient (Wildman–Crippen LogP) is 0.736. The molecule has 4 N–H and O–H groups in total. The van der Waals surface area contributed by atoms with Crippen LogP contribution in [0.3, 0.4) is 0 Å². The number of ether oxygens (including phenoxy) is 3. The number of hydrogen-bond acceptors (Lipinski definition) is 5. The third kappa shape index (κ3) is 7.62. The highest BCUT2D eigenvalue weighted by Crippen LogP contribution is 2.27. The van der Waals surface area contributed by atoms with Crippen LogP contribution in [0.2, 0.25) is 0 Å². The van der Waals surface area contributed by atoms with Gasteiger partial charge in [-0.1, -0.05) is 6.07 Å². The maximum absolute atomic E-state index is 5.29. The van der Waals surface area contributed by atoms with Crippen LogP contribution in [-0.4, -0.2) is 51.3 Å². The van der Waals surface area contributed by atoms with Crippen LogP contribution < -0.4 is 31.0 Å². The van der Waals surface area contributed by atoms with Crippen molar-refractivity contribution in [1.29, 1.82) is 0 Å². The van der Waals surface area contributed by atoms with E-state index >= 15 is 0 Å². The third-order valence-electron chi connectivity index (χ3n) is 3.03. The molecule has 0 unspecified atom stereocenters. The second kappa shape index (κ2) is 11.7. The zero-order valence-corrected chi connectivity index (χ0v) is 15.7. The van der Waals surface area contributed by atoms with E-state index in [0.717, 1.165) is 12.0 Å². The predicted molar refractivity (Wildman–Crippen MR) is 103 cm³/mol. The monoisotopic (exact) mass is 372 g/mol. The largest absolute Gasteiger partial charge is 0.493 e. The van der Waals surface area contributed by atoms with Gasteiger partial charge in [0.2, 0.25) is 0 Å². The molecule has 0 radical (unpaired) electrons. The van der Waals surface area contributed by atoms with E-state index in [1.54, 1.807) is 21.3 Å². The smallest absolute Gasteiger partial charge is 0.185 e. The van der Waals surface area contributed by atoms with E-state index in [0.29, 0.717) is 41.4 Å². The summed E-state index contributed by atoms with van der Waals surface area (Å²) in [6.45, 7) is 1.88. The number of hydrogen-bond donors (Lipinski definition) is 4. The van der Waals surface area contributed by atoms with E-state index in [1.165, 1.54) is 0 Å². The van der Waals surface area contributed by atoms with Crippen molar-refractivity contribution in [2.24, 2.45) is 0 Å². The number of nitrogens with one attached hydrogen (secondary N) is 4. The molecule has 0 saturated carbocycles. The molecule has 1 aromatic rings. The Hall–Kier alpha value is -1.84. The zero-order valence-electron chi connectivity index (χ0n) is 14.1. The normalized spacial score (nSPS) is 9.79. The molecule has 9 heteroatoms. The number of benzene rings is 1. The first-order valence-electron chi connectivity index (χ1n) is 7.38. The second-order valence-corrected chi connectivity index (χ2v) is 5.51. The molecule has 0 bridgehead atoms. The van der Waals surface area contributed by atoms with E-state index < -0.39 is 0 Å². The minimum Gasteiger partial charge on any atom is -0.493 e. The van der Waals surface area contributed by atoms with Gasteiger partial charge in [-0.15, -0.1) is 0 Å². The highest BCUT2D eigenvalue weighted by molar-refractivity contribution is 7.80. The molecule has 0 aliphatic heterocycles. The lowest BCUT2D eigenvalue weighted by Gasteiger charge is -2.14. The molecule has 0 heterocycles. The van der Waals surface area contributed by atoms with Crippen molar-refractivity contribution >= 4 is 34.7 Å². The molecule has 0 amide bonds.